The molecule has 1 unspecified atom stereocenters. The second kappa shape index (κ2) is 6.93. The Morgan fingerprint density at radius 3 is 2.48 bits per heavy atom. The van der Waals surface area contributed by atoms with Crippen LogP contribution < -0.4 is 0 Å². The van der Waals surface area contributed by atoms with Crippen molar-refractivity contribution in [3.8, 4) is 11.3 Å². The van der Waals surface area contributed by atoms with Crippen molar-refractivity contribution in [2.75, 3.05) is 6.61 Å². The van der Waals surface area contributed by atoms with Crippen molar-refractivity contribution in [3.63, 3.8) is 0 Å². The first kappa shape index (κ1) is 17.2. The third kappa shape index (κ3) is 3.06. The van der Waals surface area contributed by atoms with Crippen LogP contribution in [0.25, 0.3) is 22.2 Å². The van der Waals surface area contributed by atoms with Crippen LogP contribution in [0.1, 0.15) is 17.4 Å². The Hall–Kier alpha value is -1.88. The van der Waals surface area contributed by atoms with Crippen LogP contribution in [-0.2, 0) is 11.2 Å². The van der Waals surface area contributed by atoms with Gasteiger partial charge in [0.05, 0.1) is 17.8 Å². The zero-order valence-corrected chi connectivity index (χ0v) is 17.7. The van der Waals surface area contributed by atoms with Gasteiger partial charge in [0.15, 0.2) is 6.23 Å². The molecule has 0 radical (unpaired) electrons. The smallest absolute Gasteiger partial charge is 0.160 e. The highest BCUT2D eigenvalue weighted by Gasteiger charge is 2.24. The molecule has 0 bridgehead atoms. The molecule has 0 N–H and O–H groups in total. The lowest BCUT2D eigenvalue weighted by Crippen LogP contribution is -2.19. The third-order valence-electron chi connectivity index (χ3n) is 5.11. The minimum atomic E-state index is -0.142. The van der Waals surface area contributed by atoms with Gasteiger partial charge >= 0.3 is 0 Å². The van der Waals surface area contributed by atoms with Crippen LogP contribution >= 0.6 is 31.9 Å². The van der Waals surface area contributed by atoms with E-state index in [1.165, 1.54) is 33.3 Å². The molecule has 1 aromatic heterocycles. The molecule has 2 heterocycles. The summed E-state index contributed by atoms with van der Waals surface area (Å²) in [4.78, 5) is 0. The van der Waals surface area contributed by atoms with Crippen molar-refractivity contribution in [2.24, 2.45) is 0 Å². The highest BCUT2D eigenvalue weighted by atomic mass is 79.9. The summed E-state index contributed by atoms with van der Waals surface area (Å²) in [5.74, 6) is 0. The molecule has 5 rings (SSSR count). The summed E-state index contributed by atoms with van der Waals surface area (Å²) in [6.07, 6.45) is 0.750. The van der Waals surface area contributed by atoms with Crippen LogP contribution in [0.4, 0.5) is 0 Å². The van der Waals surface area contributed by atoms with Crippen LogP contribution in [0, 0.1) is 0 Å². The summed E-state index contributed by atoms with van der Waals surface area (Å²) < 4.78 is 10.9. The van der Waals surface area contributed by atoms with E-state index in [4.69, 9.17) is 4.74 Å². The topological polar surface area (TPSA) is 14.2 Å². The number of ether oxygens (including phenoxy) is 1. The maximum absolute atomic E-state index is 6.42. The van der Waals surface area contributed by atoms with Crippen LogP contribution in [0.3, 0.4) is 0 Å². The SMILES string of the molecule is Brc1ccc2c(c1)CCOC(c1ccccc1)n1c-2cc2cc(Br)ccc21. The Balaban J connectivity index is 1.83. The quantitative estimate of drug-likeness (QED) is 0.286. The van der Waals surface area contributed by atoms with Crippen molar-refractivity contribution in [1.29, 1.82) is 0 Å². The fourth-order valence-electron chi connectivity index (χ4n) is 3.90. The normalized spacial score (nSPS) is 16.4. The van der Waals surface area contributed by atoms with Gasteiger partial charge in [0, 0.05) is 25.5 Å². The summed E-state index contributed by atoms with van der Waals surface area (Å²) in [6.45, 7) is 0.679. The summed E-state index contributed by atoms with van der Waals surface area (Å²) in [7, 11) is 0. The highest BCUT2D eigenvalue weighted by molar-refractivity contribution is 9.10. The summed E-state index contributed by atoms with van der Waals surface area (Å²) in [5.41, 5.74) is 6.12. The molecule has 27 heavy (non-hydrogen) atoms. The van der Waals surface area contributed by atoms with Crippen LogP contribution in [0.2, 0.25) is 0 Å². The Labute approximate surface area is 175 Å². The Bertz CT molecular complexity index is 1130. The van der Waals surface area contributed by atoms with Crippen molar-refractivity contribution in [2.45, 2.75) is 12.6 Å². The number of fused-ring (bicyclic) bond motifs is 5. The van der Waals surface area contributed by atoms with Crippen LogP contribution in [-0.4, -0.2) is 11.2 Å². The van der Waals surface area contributed by atoms with Gasteiger partial charge in [-0.05, 0) is 48.4 Å². The number of benzene rings is 3. The standard InChI is InChI=1S/C23H17Br2NO/c24-18-6-8-20-16(12-18)10-11-27-23(15-4-2-1-3-5-15)26-21-9-7-19(25)13-17(21)14-22(20)26/h1-9,12-14,23H,10-11H2. The predicted octanol–water partition coefficient (Wildman–Crippen LogP) is 6.95. The molecular formula is C23H17Br2NO. The zero-order valence-electron chi connectivity index (χ0n) is 14.5. The van der Waals surface area contributed by atoms with E-state index in [0.29, 0.717) is 6.61 Å². The van der Waals surface area contributed by atoms with E-state index in [1.54, 1.807) is 0 Å². The molecule has 4 aromatic rings. The van der Waals surface area contributed by atoms with Crippen LogP contribution in [0.15, 0.2) is 81.7 Å². The van der Waals surface area contributed by atoms with Gasteiger partial charge in [0.1, 0.15) is 0 Å². The Kier molecular flexibility index (Phi) is 4.43. The zero-order chi connectivity index (χ0) is 18.4. The first-order valence-electron chi connectivity index (χ1n) is 8.96. The minimum Gasteiger partial charge on any atom is -0.353 e. The van der Waals surface area contributed by atoms with E-state index in [0.717, 1.165) is 15.4 Å². The van der Waals surface area contributed by atoms with E-state index in [1.807, 2.05) is 6.07 Å². The Morgan fingerprint density at radius 1 is 0.852 bits per heavy atom. The average molecular weight is 483 g/mol. The molecule has 0 spiro atoms. The van der Waals surface area contributed by atoms with Gasteiger partial charge in [-0.3, -0.25) is 0 Å². The second-order valence-electron chi connectivity index (χ2n) is 6.79. The maximum atomic E-state index is 6.42. The summed E-state index contributed by atoms with van der Waals surface area (Å²) in [5, 5.41) is 1.21. The van der Waals surface area contributed by atoms with Gasteiger partial charge in [-0.2, -0.15) is 0 Å². The molecule has 4 heteroatoms. The molecule has 0 amide bonds. The van der Waals surface area contributed by atoms with Gasteiger partial charge in [-0.25, -0.2) is 0 Å². The molecule has 0 saturated heterocycles. The van der Waals surface area contributed by atoms with E-state index in [-0.39, 0.29) is 6.23 Å². The fraction of sp³-hybridized carbons (Fsp3) is 0.130. The molecule has 134 valence electrons. The fourth-order valence-corrected chi connectivity index (χ4v) is 4.69. The molecule has 1 atom stereocenters. The van der Waals surface area contributed by atoms with E-state index >= 15 is 0 Å². The molecule has 0 saturated carbocycles. The van der Waals surface area contributed by atoms with Gasteiger partial charge in [0.2, 0.25) is 0 Å². The Morgan fingerprint density at radius 2 is 1.63 bits per heavy atom. The van der Waals surface area contributed by atoms with Gasteiger partial charge in [-0.15, -0.1) is 0 Å². The third-order valence-corrected chi connectivity index (χ3v) is 6.10. The first-order valence-corrected chi connectivity index (χ1v) is 10.6. The lowest BCUT2D eigenvalue weighted by Gasteiger charge is -2.27. The lowest BCUT2D eigenvalue weighted by atomic mass is 10.0. The van der Waals surface area contributed by atoms with Crippen molar-refractivity contribution in [1.82, 2.24) is 4.57 Å². The molecule has 1 aliphatic heterocycles. The molecule has 3 aromatic carbocycles. The number of hydrogen-bond acceptors (Lipinski definition) is 1. The predicted molar refractivity (Wildman–Crippen MR) is 117 cm³/mol. The summed E-state index contributed by atoms with van der Waals surface area (Å²) >= 11 is 7.23. The maximum Gasteiger partial charge on any atom is 0.160 e. The number of rotatable bonds is 1. The number of aromatic nitrogens is 1. The van der Waals surface area contributed by atoms with E-state index in [9.17, 15) is 0 Å². The number of halogens is 2. The van der Waals surface area contributed by atoms with Crippen molar-refractivity contribution < 1.29 is 4.74 Å². The van der Waals surface area contributed by atoms with E-state index in [2.05, 4.69) is 103 Å². The lowest BCUT2D eigenvalue weighted by molar-refractivity contribution is 0.0368. The highest BCUT2D eigenvalue weighted by Crippen LogP contribution is 2.39. The van der Waals surface area contributed by atoms with Gasteiger partial charge in [-0.1, -0.05) is 68.3 Å². The molecule has 0 aliphatic carbocycles. The molecular weight excluding hydrogens is 466 g/mol. The van der Waals surface area contributed by atoms with Gasteiger partial charge < -0.3 is 9.30 Å². The van der Waals surface area contributed by atoms with Crippen LogP contribution in [0.5, 0.6) is 0 Å². The molecule has 0 fully saturated rings. The molecule has 2 nitrogen and oxygen atoms in total. The van der Waals surface area contributed by atoms with E-state index < -0.39 is 0 Å². The van der Waals surface area contributed by atoms with Gasteiger partial charge in [0.25, 0.3) is 0 Å². The largest absolute Gasteiger partial charge is 0.353 e. The average Bonchev–Trinajstić information content (AvgIpc) is 3.02. The number of nitrogens with zero attached hydrogens (tertiary/aromatic N) is 1. The number of hydrogen-bond donors (Lipinski definition) is 0. The second-order valence-corrected chi connectivity index (χ2v) is 8.62. The first-order chi connectivity index (χ1) is 13.2. The minimum absolute atomic E-state index is 0.142. The molecule has 1 aliphatic rings. The van der Waals surface area contributed by atoms with Crippen molar-refractivity contribution in [3.05, 3.63) is 92.9 Å². The monoisotopic (exact) mass is 481 g/mol. The summed E-state index contributed by atoms with van der Waals surface area (Å²) in [6, 6.07) is 25.7. The van der Waals surface area contributed by atoms with Crippen molar-refractivity contribution >= 4 is 42.8 Å².